The molecule has 0 bridgehead atoms. The third-order valence-electron chi connectivity index (χ3n) is 1.69. The average molecular weight is 146 g/mol. The highest BCUT2D eigenvalue weighted by Crippen LogP contribution is 2.33. The average Bonchev–Trinajstić information content (AvgIpc) is 1.79. The molecular formula is C7H8F2O. The van der Waals surface area contributed by atoms with Crippen LogP contribution in [0.2, 0.25) is 0 Å². The second-order valence-electron chi connectivity index (χ2n) is 2.56. The highest BCUT2D eigenvalue weighted by atomic mass is 19.3. The van der Waals surface area contributed by atoms with E-state index in [2.05, 4.69) is 6.58 Å². The fourth-order valence-electron chi connectivity index (χ4n) is 1.02. The van der Waals surface area contributed by atoms with Crippen molar-refractivity contribution < 1.29 is 13.6 Å². The number of hydrogen-bond acceptors (Lipinski definition) is 1. The number of allylic oxidation sites excluding steroid dienone is 1. The normalized spacial score (nSPS) is 19.3. The lowest BCUT2D eigenvalue weighted by atomic mass is 9.78. The van der Waals surface area contributed by atoms with Crippen molar-refractivity contribution >= 4 is 5.78 Å². The van der Waals surface area contributed by atoms with Crippen molar-refractivity contribution in [3.8, 4) is 0 Å². The molecule has 1 aliphatic carbocycles. The minimum atomic E-state index is -2.79. The van der Waals surface area contributed by atoms with Gasteiger partial charge in [-0.15, -0.1) is 0 Å². The van der Waals surface area contributed by atoms with Gasteiger partial charge < -0.3 is 0 Å². The maximum Gasteiger partial charge on any atom is 0.296 e. The largest absolute Gasteiger partial charge is 0.296 e. The lowest BCUT2D eigenvalue weighted by molar-refractivity contribution is -0.134. The van der Waals surface area contributed by atoms with Crippen LogP contribution in [-0.2, 0) is 4.79 Å². The predicted octanol–water partition coefficient (Wildman–Crippen LogP) is 1.79. The van der Waals surface area contributed by atoms with Crippen LogP contribution < -0.4 is 0 Å². The van der Waals surface area contributed by atoms with Crippen molar-refractivity contribution in [1.29, 1.82) is 0 Å². The molecule has 0 atom stereocenters. The SMILES string of the molecule is C=C1CC(C(=O)C(F)F)C1. The second kappa shape index (κ2) is 2.48. The van der Waals surface area contributed by atoms with Gasteiger partial charge in [0, 0.05) is 5.92 Å². The van der Waals surface area contributed by atoms with Crippen LogP contribution in [0.4, 0.5) is 8.78 Å². The van der Waals surface area contributed by atoms with E-state index in [4.69, 9.17) is 0 Å². The van der Waals surface area contributed by atoms with E-state index in [9.17, 15) is 13.6 Å². The van der Waals surface area contributed by atoms with Crippen LogP contribution in [0.15, 0.2) is 12.2 Å². The number of Topliss-reactive ketones (excluding diaryl/α,β-unsaturated/α-hetero) is 1. The van der Waals surface area contributed by atoms with Gasteiger partial charge in [0.15, 0.2) is 0 Å². The van der Waals surface area contributed by atoms with Crippen LogP contribution in [0, 0.1) is 5.92 Å². The van der Waals surface area contributed by atoms with E-state index in [0.29, 0.717) is 12.8 Å². The predicted molar refractivity (Wildman–Crippen MR) is 32.9 cm³/mol. The number of carbonyl (C=O) groups excluding carboxylic acids is 1. The third-order valence-corrected chi connectivity index (χ3v) is 1.69. The zero-order valence-electron chi connectivity index (χ0n) is 5.44. The van der Waals surface area contributed by atoms with E-state index in [-0.39, 0.29) is 0 Å². The Balaban J connectivity index is 2.38. The van der Waals surface area contributed by atoms with Crippen molar-refractivity contribution in [2.24, 2.45) is 5.92 Å². The first-order chi connectivity index (χ1) is 4.61. The molecule has 0 unspecified atom stereocenters. The summed E-state index contributed by atoms with van der Waals surface area (Å²) in [5.74, 6) is -1.36. The summed E-state index contributed by atoms with van der Waals surface area (Å²) < 4.78 is 23.3. The monoisotopic (exact) mass is 146 g/mol. The molecule has 1 aliphatic rings. The maximum absolute atomic E-state index is 11.6. The number of ketones is 1. The van der Waals surface area contributed by atoms with Gasteiger partial charge in [0.25, 0.3) is 6.43 Å². The van der Waals surface area contributed by atoms with Crippen LogP contribution in [0.25, 0.3) is 0 Å². The Bertz CT molecular complexity index is 166. The van der Waals surface area contributed by atoms with Gasteiger partial charge >= 0.3 is 0 Å². The van der Waals surface area contributed by atoms with E-state index in [0.717, 1.165) is 5.57 Å². The summed E-state index contributed by atoms with van der Waals surface area (Å²) in [6.45, 7) is 3.56. The molecule has 3 heteroatoms. The van der Waals surface area contributed by atoms with Crippen molar-refractivity contribution in [1.82, 2.24) is 0 Å². The third kappa shape index (κ3) is 1.23. The van der Waals surface area contributed by atoms with E-state index in [1.807, 2.05) is 0 Å². The van der Waals surface area contributed by atoms with Gasteiger partial charge in [0.05, 0.1) is 0 Å². The van der Waals surface area contributed by atoms with Crippen molar-refractivity contribution in [3.63, 3.8) is 0 Å². The lowest BCUT2D eigenvalue weighted by Gasteiger charge is -2.26. The molecule has 0 aromatic rings. The number of halogens is 2. The van der Waals surface area contributed by atoms with E-state index < -0.39 is 18.1 Å². The Kier molecular flexibility index (Phi) is 1.83. The summed E-state index contributed by atoms with van der Waals surface area (Å²) in [5.41, 5.74) is 0.902. The first-order valence-electron chi connectivity index (χ1n) is 3.10. The highest BCUT2D eigenvalue weighted by Gasteiger charge is 2.33. The van der Waals surface area contributed by atoms with Crippen molar-refractivity contribution in [3.05, 3.63) is 12.2 Å². The van der Waals surface area contributed by atoms with E-state index in [1.54, 1.807) is 0 Å². The number of rotatable bonds is 2. The number of carbonyl (C=O) groups is 1. The minimum Gasteiger partial charge on any atom is -0.293 e. The molecule has 56 valence electrons. The summed E-state index contributed by atoms with van der Waals surface area (Å²) in [6, 6.07) is 0. The van der Waals surface area contributed by atoms with Crippen LogP contribution in [0.5, 0.6) is 0 Å². The molecule has 0 saturated heterocycles. The zero-order valence-corrected chi connectivity index (χ0v) is 5.44. The fraction of sp³-hybridized carbons (Fsp3) is 0.571. The van der Waals surface area contributed by atoms with Gasteiger partial charge in [0.1, 0.15) is 0 Å². The number of hydrogen-bond donors (Lipinski definition) is 0. The summed E-state index contributed by atoms with van der Waals surface area (Å²) in [6.07, 6.45) is -1.87. The quantitative estimate of drug-likeness (QED) is 0.543. The summed E-state index contributed by atoms with van der Waals surface area (Å²) >= 11 is 0. The molecule has 0 heterocycles. The molecule has 1 nitrogen and oxygen atoms in total. The Morgan fingerprint density at radius 1 is 1.60 bits per heavy atom. The van der Waals surface area contributed by atoms with Gasteiger partial charge in [-0.05, 0) is 12.8 Å². The number of alkyl halides is 2. The zero-order chi connectivity index (χ0) is 7.72. The van der Waals surface area contributed by atoms with Crippen molar-refractivity contribution in [2.75, 3.05) is 0 Å². The summed E-state index contributed by atoms with van der Waals surface area (Å²) in [5, 5.41) is 0. The summed E-state index contributed by atoms with van der Waals surface area (Å²) in [7, 11) is 0. The fourth-order valence-corrected chi connectivity index (χ4v) is 1.02. The summed E-state index contributed by atoms with van der Waals surface area (Å²) in [4.78, 5) is 10.5. The smallest absolute Gasteiger partial charge is 0.293 e. The van der Waals surface area contributed by atoms with E-state index in [1.165, 1.54) is 0 Å². The standard InChI is InChI=1S/C7H8F2O/c1-4-2-5(3-4)6(10)7(8)9/h5,7H,1-3H2. The molecule has 0 radical (unpaired) electrons. The second-order valence-corrected chi connectivity index (χ2v) is 2.56. The molecule has 0 aromatic carbocycles. The molecule has 1 fully saturated rings. The van der Waals surface area contributed by atoms with Crippen LogP contribution in [0.1, 0.15) is 12.8 Å². The Morgan fingerprint density at radius 3 is 2.40 bits per heavy atom. The molecule has 0 aromatic heterocycles. The lowest BCUT2D eigenvalue weighted by Crippen LogP contribution is -2.28. The molecule has 10 heavy (non-hydrogen) atoms. The molecule has 0 amide bonds. The topological polar surface area (TPSA) is 17.1 Å². The Hall–Kier alpha value is -0.730. The van der Waals surface area contributed by atoms with Crippen LogP contribution in [0.3, 0.4) is 0 Å². The molecule has 1 saturated carbocycles. The first-order valence-corrected chi connectivity index (χ1v) is 3.10. The van der Waals surface area contributed by atoms with Crippen LogP contribution in [-0.4, -0.2) is 12.2 Å². The molecule has 0 aliphatic heterocycles. The van der Waals surface area contributed by atoms with E-state index >= 15 is 0 Å². The van der Waals surface area contributed by atoms with Crippen LogP contribution >= 0.6 is 0 Å². The molecule has 1 rings (SSSR count). The van der Waals surface area contributed by atoms with Gasteiger partial charge in [-0.3, -0.25) is 4.79 Å². The molecular weight excluding hydrogens is 138 g/mol. The highest BCUT2D eigenvalue weighted by molar-refractivity contribution is 5.85. The van der Waals surface area contributed by atoms with Gasteiger partial charge in [-0.25, -0.2) is 8.78 Å². The Labute approximate surface area is 57.7 Å². The minimum absolute atomic E-state index is 0.438. The maximum atomic E-state index is 11.6. The van der Waals surface area contributed by atoms with Gasteiger partial charge in [-0.2, -0.15) is 0 Å². The molecule has 0 N–H and O–H groups in total. The Morgan fingerprint density at radius 2 is 2.10 bits per heavy atom. The van der Waals surface area contributed by atoms with Gasteiger partial charge in [-0.1, -0.05) is 12.2 Å². The van der Waals surface area contributed by atoms with Gasteiger partial charge in [0.2, 0.25) is 5.78 Å². The van der Waals surface area contributed by atoms with Crippen molar-refractivity contribution in [2.45, 2.75) is 19.3 Å². The molecule has 0 spiro atoms. The first kappa shape index (κ1) is 7.38.